The quantitative estimate of drug-likeness (QED) is 0.911. The first-order valence-corrected chi connectivity index (χ1v) is 9.34. The van der Waals surface area contributed by atoms with Gasteiger partial charge in [0.05, 0.1) is 0 Å². The molecule has 2 unspecified atom stereocenters. The van der Waals surface area contributed by atoms with Crippen LogP contribution in [0.5, 0.6) is 0 Å². The average molecular weight is 361 g/mol. The van der Waals surface area contributed by atoms with Crippen LogP contribution in [0.3, 0.4) is 0 Å². The summed E-state index contributed by atoms with van der Waals surface area (Å²) in [6.45, 7) is 9.43. The fourth-order valence-electron chi connectivity index (χ4n) is 4.28. The van der Waals surface area contributed by atoms with Gasteiger partial charge in [-0.05, 0) is 50.9 Å². The summed E-state index contributed by atoms with van der Waals surface area (Å²) >= 11 is 0. The van der Waals surface area contributed by atoms with Gasteiger partial charge in [-0.15, -0.1) is 12.4 Å². The number of anilines is 1. The van der Waals surface area contributed by atoms with Crippen LogP contribution in [-0.2, 0) is 0 Å². The molecular formula is C20H29ClN4. The van der Waals surface area contributed by atoms with Crippen molar-refractivity contribution in [1.29, 1.82) is 0 Å². The molecule has 0 amide bonds. The number of nitrogens with one attached hydrogen (secondary N) is 1. The van der Waals surface area contributed by atoms with E-state index in [9.17, 15) is 0 Å². The number of pyridine rings is 1. The van der Waals surface area contributed by atoms with Crippen LogP contribution >= 0.6 is 12.4 Å². The summed E-state index contributed by atoms with van der Waals surface area (Å²) in [5.74, 6) is 0.830. The summed E-state index contributed by atoms with van der Waals surface area (Å²) in [5, 5.41) is 6.11. The first-order valence-electron chi connectivity index (χ1n) is 9.34. The molecule has 2 fully saturated rings. The summed E-state index contributed by atoms with van der Waals surface area (Å²) in [6.07, 6.45) is 6.59. The standard InChI is InChI=1S/C20H28N4.ClH/c1-16-14-24(11-10-23(16)15-17-4-3-8-21-12-17)20-6-2-5-18-13-22-9-7-19(18)20;/h2,5-7,9,13,16-17,21H,3-4,8,10-12,14-15H2,1H3;1H. The Labute approximate surface area is 157 Å². The maximum absolute atomic E-state index is 4.26. The van der Waals surface area contributed by atoms with E-state index in [-0.39, 0.29) is 12.4 Å². The predicted octanol–water partition coefficient (Wildman–Crippen LogP) is 3.17. The van der Waals surface area contributed by atoms with Crippen LogP contribution in [0.4, 0.5) is 5.69 Å². The van der Waals surface area contributed by atoms with Crippen LogP contribution in [0.1, 0.15) is 19.8 Å². The fourth-order valence-corrected chi connectivity index (χ4v) is 4.28. The van der Waals surface area contributed by atoms with E-state index < -0.39 is 0 Å². The Morgan fingerprint density at radius 3 is 2.96 bits per heavy atom. The van der Waals surface area contributed by atoms with E-state index in [0.29, 0.717) is 6.04 Å². The molecule has 2 atom stereocenters. The van der Waals surface area contributed by atoms with Crippen LogP contribution in [-0.4, -0.2) is 55.2 Å². The molecule has 0 saturated carbocycles. The number of nitrogens with zero attached hydrogens (tertiary/aromatic N) is 3. The maximum Gasteiger partial charge on any atom is 0.0448 e. The molecule has 1 aromatic heterocycles. The molecule has 0 bridgehead atoms. The highest BCUT2D eigenvalue weighted by Gasteiger charge is 2.27. The maximum atomic E-state index is 4.26. The molecule has 0 aliphatic carbocycles. The lowest BCUT2D eigenvalue weighted by atomic mass is 9.97. The highest BCUT2D eigenvalue weighted by molar-refractivity contribution is 5.93. The summed E-state index contributed by atoms with van der Waals surface area (Å²) in [4.78, 5) is 9.51. The molecule has 2 saturated heterocycles. The van der Waals surface area contributed by atoms with Gasteiger partial charge in [0.15, 0.2) is 0 Å². The highest BCUT2D eigenvalue weighted by atomic mass is 35.5. The van der Waals surface area contributed by atoms with E-state index in [4.69, 9.17) is 0 Å². The highest BCUT2D eigenvalue weighted by Crippen LogP contribution is 2.28. The SMILES string of the molecule is CC1CN(c2cccc3cnccc23)CCN1CC1CCCNC1.Cl. The monoisotopic (exact) mass is 360 g/mol. The first kappa shape index (κ1) is 18.4. The lowest BCUT2D eigenvalue weighted by Gasteiger charge is -2.43. The lowest BCUT2D eigenvalue weighted by Crippen LogP contribution is -2.54. The van der Waals surface area contributed by atoms with Crippen LogP contribution in [0, 0.1) is 5.92 Å². The zero-order valence-corrected chi connectivity index (χ0v) is 15.8. The zero-order chi connectivity index (χ0) is 16.4. The summed E-state index contributed by atoms with van der Waals surface area (Å²) < 4.78 is 0. The van der Waals surface area contributed by atoms with E-state index in [0.717, 1.165) is 19.0 Å². The van der Waals surface area contributed by atoms with Crippen LogP contribution in [0.15, 0.2) is 36.7 Å². The van der Waals surface area contributed by atoms with Gasteiger partial charge in [-0.1, -0.05) is 12.1 Å². The fraction of sp³-hybridized carbons (Fsp3) is 0.550. The number of benzene rings is 1. The van der Waals surface area contributed by atoms with Crippen molar-refractivity contribution >= 4 is 28.9 Å². The van der Waals surface area contributed by atoms with Crippen LogP contribution < -0.4 is 10.2 Å². The molecule has 2 aliphatic rings. The van der Waals surface area contributed by atoms with Gasteiger partial charge in [-0.3, -0.25) is 9.88 Å². The average Bonchev–Trinajstić information content (AvgIpc) is 2.64. The van der Waals surface area contributed by atoms with E-state index in [1.165, 1.54) is 55.5 Å². The van der Waals surface area contributed by atoms with E-state index in [2.05, 4.69) is 51.3 Å². The molecule has 136 valence electrons. The Hall–Kier alpha value is -1.36. The number of halogens is 1. The zero-order valence-electron chi connectivity index (χ0n) is 15.0. The van der Waals surface area contributed by atoms with Gasteiger partial charge in [0.1, 0.15) is 0 Å². The van der Waals surface area contributed by atoms with Gasteiger partial charge in [0.25, 0.3) is 0 Å². The Morgan fingerprint density at radius 1 is 1.24 bits per heavy atom. The minimum Gasteiger partial charge on any atom is -0.368 e. The second-order valence-corrected chi connectivity index (χ2v) is 7.38. The largest absolute Gasteiger partial charge is 0.368 e. The summed E-state index contributed by atoms with van der Waals surface area (Å²) in [5.41, 5.74) is 1.36. The van der Waals surface area contributed by atoms with Crippen molar-refractivity contribution in [2.45, 2.75) is 25.8 Å². The number of piperidine rings is 1. The van der Waals surface area contributed by atoms with Crippen molar-refractivity contribution in [2.24, 2.45) is 5.92 Å². The van der Waals surface area contributed by atoms with Crippen molar-refractivity contribution in [3.63, 3.8) is 0 Å². The molecule has 4 rings (SSSR count). The van der Waals surface area contributed by atoms with E-state index in [1.807, 2.05) is 12.4 Å². The Bertz CT molecular complexity index is 681. The van der Waals surface area contributed by atoms with Crippen molar-refractivity contribution in [2.75, 3.05) is 44.2 Å². The molecular weight excluding hydrogens is 332 g/mol. The number of hydrogen-bond acceptors (Lipinski definition) is 4. The van der Waals surface area contributed by atoms with Gasteiger partial charge < -0.3 is 10.2 Å². The second-order valence-electron chi connectivity index (χ2n) is 7.38. The molecule has 0 radical (unpaired) electrons. The van der Waals surface area contributed by atoms with Gasteiger partial charge in [-0.25, -0.2) is 0 Å². The van der Waals surface area contributed by atoms with Crippen molar-refractivity contribution < 1.29 is 0 Å². The van der Waals surface area contributed by atoms with Gasteiger partial charge in [0, 0.05) is 61.1 Å². The van der Waals surface area contributed by atoms with Gasteiger partial charge >= 0.3 is 0 Å². The van der Waals surface area contributed by atoms with Crippen molar-refractivity contribution in [3.05, 3.63) is 36.7 Å². The second kappa shape index (κ2) is 8.35. The molecule has 1 N–H and O–H groups in total. The molecule has 1 aromatic carbocycles. The molecule has 4 nitrogen and oxygen atoms in total. The number of aromatic nitrogens is 1. The van der Waals surface area contributed by atoms with Gasteiger partial charge in [-0.2, -0.15) is 0 Å². The van der Waals surface area contributed by atoms with Crippen molar-refractivity contribution in [3.8, 4) is 0 Å². The molecule has 2 aliphatic heterocycles. The van der Waals surface area contributed by atoms with Crippen LogP contribution in [0.25, 0.3) is 10.8 Å². The minimum absolute atomic E-state index is 0. The molecule has 5 heteroatoms. The molecule has 0 spiro atoms. The molecule has 2 aromatic rings. The Balaban J connectivity index is 0.00000182. The third-order valence-corrected chi connectivity index (χ3v) is 5.66. The Kier molecular flexibility index (Phi) is 6.15. The number of hydrogen-bond donors (Lipinski definition) is 1. The van der Waals surface area contributed by atoms with Crippen LogP contribution in [0.2, 0.25) is 0 Å². The smallest absolute Gasteiger partial charge is 0.0448 e. The first-order chi connectivity index (χ1) is 11.8. The van der Waals surface area contributed by atoms with Crippen molar-refractivity contribution in [1.82, 2.24) is 15.2 Å². The topological polar surface area (TPSA) is 31.4 Å². The number of fused-ring (bicyclic) bond motifs is 1. The summed E-state index contributed by atoms with van der Waals surface area (Å²) in [6, 6.07) is 9.33. The normalized spacial score (nSPS) is 24.9. The molecule has 25 heavy (non-hydrogen) atoms. The number of rotatable bonds is 3. The predicted molar refractivity (Wildman–Crippen MR) is 108 cm³/mol. The van der Waals surface area contributed by atoms with E-state index in [1.54, 1.807) is 0 Å². The summed E-state index contributed by atoms with van der Waals surface area (Å²) in [7, 11) is 0. The third-order valence-electron chi connectivity index (χ3n) is 5.66. The third kappa shape index (κ3) is 4.08. The lowest BCUT2D eigenvalue weighted by molar-refractivity contribution is 0.149. The van der Waals surface area contributed by atoms with E-state index >= 15 is 0 Å². The number of piperazine rings is 1. The van der Waals surface area contributed by atoms with Gasteiger partial charge in [0.2, 0.25) is 0 Å². The Morgan fingerprint density at radius 2 is 2.16 bits per heavy atom. The minimum atomic E-state index is 0. The molecule has 3 heterocycles.